The number of aldehydes is 1. The molecule has 1 aromatic heterocycles. The van der Waals surface area contributed by atoms with Gasteiger partial charge in [0, 0.05) is 11.9 Å². The van der Waals surface area contributed by atoms with Gasteiger partial charge in [0.15, 0.2) is 6.29 Å². The summed E-state index contributed by atoms with van der Waals surface area (Å²) >= 11 is 0. The van der Waals surface area contributed by atoms with Gasteiger partial charge < -0.3 is 9.30 Å². The van der Waals surface area contributed by atoms with Crippen molar-refractivity contribution in [3.63, 3.8) is 0 Å². The summed E-state index contributed by atoms with van der Waals surface area (Å²) in [6.45, 7) is 2.10. The van der Waals surface area contributed by atoms with E-state index in [1.54, 1.807) is 48.0 Å². The van der Waals surface area contributed by atoms with Gasteiger partial charge in [-0.3, -0.25) is 4.79 Å². The minimum Gasteiger partial charge on any atom is -0.462 e. The third-order valence-electron chi connectivity index (χ3n) is 2.54. The van der Waals surface area contributed by atoms with Crippen LogP contribution in [0.1, 0.15) is 27.8 Å². The molecular formula is C14H13NO3. The second-order valence-corrected chi connectivity index (χ2v) is 3.69. The highest BCUT2D eigenvalue weighted by atomic mass is 16.5. The molecule has 0 unspecified atom stereocenters. The molecule has 1 heterocycles. The van der Waals surface area contributed by atoms with Crippen molar-refractivity contribution in [3.05, 3.63) is 53.9 Å². The lowest BCUT2D eigenvalue weighted by Gasteiger charge is -2.07. The zero-order valence-corrected chi connectivity index (χ0v) is 10.00. The number of esters is 1. The second kappa shape index (κ2) is 5.31. The number of ether oxygens (including phenoxy) is 1. The standard InChI is InChI=1S/C14H13NO3/c1-2-18-14(17)11-5-3-6-12(9-11)15-8-4-7-13(15)10-16/h3-10H,2H2,1H3. The van der Waals surface area contributed by atoms with Crippen LogP contribution in [0.4, 0.5) is 0 Å². The minimum atomic E-state index is -0.362. The van der Waals surface area contributed by atoms with E-state index < -0.39 is 0 Å². The average molecular weight is 243 g/mol. The van der Waals surface area contributed by atoms with E-state index in [0.717, 1.165) is 12.0 Å². The van der Waals surface area contributed by atoms with Gasteiger partial charge in [-0.25, -0.2) is 4.79 Å². The van der Waals surface area contributed by atoms with Gasteiger partial charge in [0.2, 0.25) is 0 Å². The minimum absolute atomic E-state index is 0.339. The van der Waals surface area contributed by atoms with E-state index in [1.165, 1.54) is 0 Å². The zero-order valence-electron chi connectivity index (χ0n) is 10.00. The molecule has 0 aliphatic heterocycles. The fraction of sp³-hybridized carbons (Fsp3) is 0.143. The number of nitrogens with zero attached hydrogens (tertiary/aromatic N) is 1. The molecule has 0 fully saturated rings. The van der Waals surface area contributed by atoms with Crippen LogP contribution in [0.2, 0.25) is 0 Å². The number of benzene rings is 1. The highest BCUT2D eigenvalue weighted by Gasteiger charge is 2.08. The summed E-state index contributed by atoms with van der Waals surface area (Å²) in [6.07, 6.45) is 2.55. The van der Waals surface area contributed by atoms with Crippen molar-refractivity contribution >= 4 is 12.3 Å². The van der Waals surface area contributed by atoms with Crippen LogP contribution in [0.15, 0.2) is 42.6 Å². The molecule has 92 valence electrons. The van der Waals surface area contributed by atoms with Crippen molar-refractivity contribution in [3.8, 4) is 5.69 Å². The highest BCUT2D eigenvalue weighted by Crippen LogP contribution is 2.14. The molecule has 0 aliphatic rings. The quantitative estimate of drug-likeness (QED) is 0.612. The van der Waals surface area contributed by atoms with Crippen molar-refractivity contribution < 1.29 is 14.3 Å². The Morgan fingerprint density at radius 3 is 2.89 bits per heavy atom. The predicted molar refractivity (Wildman–Crippen MR) is 67.1 cm³/mol. The molecule has 0 spiro atoms. The molecule has 4 nitrogen and oxygen atoms in total. The molecule has 0 N–H and O–H groups in total. The first-order valence-electron chi connectivity index (χ1n) is 5.66. The number of rotatable bonds is 4. The monoisotopic (exact) mass is 243 g/mol. The third-order valence-corrected chi connectivity index (χ3v) is 2.54. The molecule has 2 rings (SSSR count). The predicted octanol–water partition coefficient (Wildman–Crippen LogP) is 2.47. The highest BCUT2D eigenvalue weighted by molar-refractivity contribution is 5.90. The van der Waals surface area contributed by atoms with E-state index >= 15 is 0 Å². The van der Waals surface area contributed by atoms with Crippen LogP contribution in [0.25, 0.3) is 5.69 Å². The Labute approximate surface area is 105 Å². The van der Waals surface area contributed by atoms with Gasteiger partial charge in [0.05, 0.1) is 17.9 Å². The van der Waals surface area contributed by atoms with E-state index in [4.69, 9.17) is 4.74 Å². The summed E-state index contributed by atoms with van der Waals surface area (Å²) in [7, 11) is 0. The van der Waals surface area contributed by atoms with Gasteiger partial charge in [-0.2, -0.15) is 0 Å². The van der Waals surface area contributed by atoms with E-state index in [-0.39, 0.29) is 5.97 Å². The molecule has 0 radical (unpaired) electrons. The van der Waals surface area contributed by atoms with Crippen molar-refractivity contribution in [1.82, 2.24) is 4.57 Å². The lowest BCUT2D eigenvalue weighted by atomic mass is 10.2. The maximum absolute atomic E-state index is 11.6. The number of carbonyl (C=O) groups excluding carboxylic acids is 2. The molecule has 0 saturated carbocycles. The molecule has 0 amide bonds. The average Bonchev–Trinajstić information content (AvgIpc) is 2.87. The van der Waals surface area contributed by atoms with Crippen LogP contribution in [0.3, 0.4) is 0 Å². The van der Waals surface area contributed by atoms with Gasteiger partial charge >= 0.3 is 5.97 Å². The molecule has 18 heavy (non-hydrogen) atoms. The van der Waals surface area contributed by atoms with Crippen molar-refractivity contribution in [2.45, 2.75) is 6.92 Å². The number of carbonyl (C=O) groups is 2. The van der Waals surface area contributed by atoms with Crippen molar-refractivity contribution in [1.29, 1.82) is 0 Å². The Hall–Kier alpha value is -2.36. The lowest BCUT2D eigenvalue weighted by molar-refractivity contribution is 0.0526. The molecule has 0 bridgehead atoms. The second-order valence-electron chi connectivity index (χ2n) is 3.69. The summed E-state index contributed by atoms with van der Waals surface area (Å²) in [5, 5.41) is 0. The molecule has 4 heteroatoms. The van der Waals surface area contributed by atoms with Crippen LogP contribution in [-0.2, 0) is 4.74 Å². The Kier molecular flexibility index (Phi) is 3.57. The summed E-state index contributed by atoms with van der Waals surface area (Å²) in [6, 6.07) is 10.5. The van der Waals surface area contributed by atoms with Gasteiger partial charge in [0.1, 0.15) is 0 Å². The van der Waals surface area contributed by atoms with E-state index in [1.807, 2.05) is 6.07 Å². The van der Waals surface area contributed by atoms with Gasteiger partial charge in [-0.05, 0) is 37.3 Å². The summed E-state index contributed by atoms with van der Waals surface area (Å²) in [5.41, 5.74) is 1.77. The fourth-order valence-electron chi connectivity index (χ4n) is 1.72. The van der Waals surface area contributed by atoms with Gasteiger partial charge in [0.25, 0.3) is 0 Å². The Bertz CT molecular complexity index is 572. The van der Waals surface area contributed by atoms with Crippen LogP contribution >= 0.6 is 0 Å². The zero-order chi connectivity index (χ0) is 13.0. The van der Waals surface area contributed by atoms with E-state index in [9.17, 15) is 9.59 Å². The van der Waals surface area contributed by atoms with Crippen LogP contribution in [-0.4, -0.2) is 23.4 Å². The molecule has 2 aromatic rings. The lowest BCUT2D eigenvalue weighted by Crippen LogP contribution is -2.06. The normalized spacial score (nSPS) is 10.1. The summed E-state index contributed by atoms with van der Waals surface area (Å²) in [5.74, 6) is -0.362. The molecule has 0 saturated heterocycles. The number of hydrogen-bond donors (Lipinski definition) is 0. The summed E-state index contributed by atoms with van der Waals surface area (Å²) < 4.78 is 6.66. The Morgan fingerprint density at radius 2 is 2.17 bits per heavy atom. The number of hydrogen-bond acceptors (Lipinski definition) is 3. The third kappa shape index (κ3) is 2.32. The van der Waals surface area contributed by atoms with Crippen LogP contribution < -0.4 is 0 Å². The van der Waals surface area contributed by atoms with Crippen LogP contribution in [0, 0.1) is 0 Å². The van der Waals surface area contributed by atoms with E-state index in [2.05, 4.69) is 0 Å². The van der Waals surface area contributed by atoms with Crippen molar-refractivity contribution in [2.75, 3.05) is 6.61 Å². The molecular weight excluding hydrogens is 230 g/mol. The molecule has 0 atom stereocenters. The maximum Gasteiger partial charge on any atom is 0.338 e. The van der Waals surface area contributed by atoms with Crippen LogP contribution in [0.5, 0.6) is 0 Å². The first kappa shape index (κ1) is 12.1. The van der Waals surface area contributed by atoms with E-state index in [0.29, 0.717) is 17.9 Å². The fourth-order valence-corrected chi connectivity index (χ4v) is 1.72. The Balaban J connectivity index is 2.38. The smallest absolute Gasteiger partial charge is 0.338 e. The number of aromatic nitrogens is 1. The first-order chi connectivity index (χ1) is 8.76. The van der Waals surface area contributed by atoms with Crippen molar-refractivity contribution in [2.24, 2.45) is 0 Å². The molecule has 1 aromatic carbocycles. The van der Waals surface area contributed by atoms with Gasteiger partial charge in [-0.1, -0.05) is 6.07 Å². The topological polar surface area (TPSA) is 48.3 Å². The first-order valence-corrected chi connectivity index (χ1v) is 5.66. The maximum atomic E-state index is 11.6. The Morgan fingerprint density at radius 1 is 1.33 bits per heavy atom. The largest absolute Gasteiger partial charge is 0.462 e. The summed E-state index contributed by atoms with van der Waals surface area (Å²) in [4.78, 5) is 22.5. The molecule has 0 aliphatic carbocycles. The van der Waals surface area contributed by atoms with Gasteiger partial charge in [-0.15, -0.1) is 0 Å². The SMILES string of the molecule is CCOC(=O)c1cccc(-n2cccc2C=O)c1.